The average molecular weight is 349 g/mol. The van der Waals surface area contributed by atoms with Crippen LogP contribution in [0.2, 0.25) is 0 Å². The number of nitrogens with one attached hydrogen (secondary N) is 1. The third-order valence-corrected chi connectivity index (χ3v) is 3.17. The van der Waals surface area contributed by atoms with E-state index < -0.39 is 11.1 Å². The molecule has 0 saturated carbocycles. The van der Waals surface area contributed by atoms with Crippen molar-refractivity contribution in [1.29, 1.82) is 0 Å². The molecule has 0 aliphatic rings. The van der Waals surface area contributed by atoms with Crippen LogP contribution in [0.4, 0.5) is 27.5 Å². The fourth-order valence-corrected chi connectivity index (χ4v) is 2.09. The first-order valence-corrected chi connectivity index (χ1v) is 6.83. The highest BCUT2D eigenvalue weighted by atomic mass is 16.7. The second-order valence-electron chi connectivity index (χ2n) is 4.73. The predicted molar refractivity (Wildman–Crippen MR) is 89.0 cm³/mol. The van der Waals surface area contributed by atoms with Gasteiger partial charge in [0.2, 0.25) is 0 Å². The lowest BCUT2D eigenvalue weighted by Gasteiger charge is -2.15. The molecule has 0 spiro atoms. The molecule has 0 amide bonds. The molecule has 0 fully saturated rings. The normalized spacial score (nSPS) is 10.0. The lowest BCUT2D eigenvalue weighted by molar-refractivity contribution is -0.383. The molecule has 0 saturated heterocycles. The molecule has 132 valence electrons. The van der Waals surface area contributed by atoms with Crippen molar-refractivity contribution in [3.63, 3.8) is 0 Å². The first-order valence-electron chi connectivity index (χ1n) is 6.83. The molecule has 0 aliphatic carbocycles. The van der Waals surface area contributed by atoms with Crippen LogP contribution in [0.1, 0.15) is 0 Å². The van der Waals surface area contributed by atoms with Crippen LogP contribution in [0.25, 0.3) is 0 Å². The van der Waals surface area contributed by atoms with Gasteiger partial charge in [0.25, 0.3) is 5.69 Å². The van der Waals surface area contributed by atoms with E-state index in [1.54, 1.807) is 0 Å². The second-order valence-corrected chi connectivity index (χ2v) is 4.73. The molecule has 10 heteroatoms. The number of rotatable bonds is 6. The molecular formula is C15H15N3O7. The quantitative estimate of drug-likeness (QED) is 0.235. The number of carboxylic acid groups (broad SMARTS) is 1. The molecule has 0 aromatic heterocycles. The number of anilines is 3. The van der Waals surface area contributed by atoms with E-state index in [9.17, 15) is 14.9 Å². The minimum absolute atomic E-state index is 0.0988. The van der Waals surface area contributed by atoms with Gasteiger partial charge in [-0.25, -0.2) is 4.79 Å². The van der Waals surface area contributed by atoms with E-state index >= 15 is 0 Å². The van der Waals surface area contributed by atoms with Crippen LogP contribution in [0, 0.1) is 10.1 Å². The zero-order valence-electron chi connectivity index (χ0n) is 13.3. The summed E-state index contributed by atoms with van der Waals surface area (Å²) in [6.07, 6.45) is -1.55. The van der Waals surface area contributed by atoms with Gasteiger partial charge in [0.15, 0.2) is 17.2 Å². The Kier molecular flexibility index (Phi) is 5.12. The predicted octanol–water partition coefficient (Wildman–Crippen LogP) is 2.99. The molecule has 0 aliphatic heterocycles. The number of nitro benzene ring substituents is 1. The summed E-state index contributed by atoms with van der Waals surface area (Å²) in [5.74, 6) is 0.396. The van der Waals surface area contributed by atoms with E-state index in [1.807, 2.05) is 0 Å². The Morgan fingerprint density at radius 2 is 1.76 bits per heavy atom. The Bertz CT molecular complexity index is 823. The van der Waals surface area contributed by atoms with Gasteiger partial charge in [-0.05, 0) is 12.1 Å². The van der Waals surface area contributed by atoms with Gasteiger partial charge >= 0.3 is 6.16 Å². The van der Waals surface area contributed by atoms with Gasteiger partial charge in [0.05, 0.1) is 24.8 Å². The molecule has 0 unspecified atom stereocenters. The molecule has 0 heterocycles. The van der Waals surface area contributed by atoms with Crippen LogP contribution in [0.5, 0.6) is 17.2 Å². The lowest BCUT2D eigenvalue weighted by Crippen LogP contribution is -2.07. The largest absolute Gasteiger partial charge is 0.511 e. The molecule has 0 atom stereocenters. The van der Waals surface area contributed by atoms with Crippen molar-refractivity contribution in [3.05, 3.63) is 40.4 Å². The number of ether oxygens (including phenoxy) is 3. The summed E-state index contributed by atoms with van der Waals surface area (Å²) in [5, 5.41) is 22.8. The first-order chi connectivity index (χ1) is 11.8. The number of carbonyl (C=O) groups is 1. The topological polar surface area (TPSA) is 146 Å². The van der Waals surface area contributed by atoms with Gasteiger partial charge in [-0.3, -0.25) is 10.1 Å². The number of hydrogen-bond donors (Lipinski definition) is 3. The zero-order valence-corrected chi connectivity index (χ0v) is 13.3. The number of nitrogens with zero attached hydrogens (tertiary/aromatic N) is 1. The van der Waals surface area contributed by atoms with Crippen LogP contribution in [-0.2, 0) is 0 Å². The maximum absolute atomic E-state index is 11.2. The fourth-order valence-electron chi connectivity index (χ4n) is 2.09. The van der Waals surface area contributed by atoms with E-state index in [0.717, 1.165) is 0 Å². The Morgan fingerprint density at radius 3 is 2.32 bits per heavy atom. The SMILES string of the molecule is COc1cc(Nc2ccc(N)cc2[N+](=O)[O-])c(OC(=O)O)cc1OC. The lowest BCUT2D eigenvalue weighted by atomic mass is 10.2. The minimum Gasteiger partial charge on any atom is -0.493 e. The van der Waals surface area contributed by atoms with Gasteiger partial charge in [0, 0.05) is 23.9 Å². The second kappa shape index (κ2) is 7.25. The van der Waals surface area contributed by atoms with E-state index in [0.29, 0.717) is 0 Å². The van der Waals surface area contributed by atoms with Crippen molar-refractivity contribution in [2.75, 3.05) is 25.3 Å². The monoisotopic (exact) mass is 349 g/mol. The van der Waals surface area contributed by atoms with Gasteiger partial charge < -0.3 is 30.4 Å². The Hall–Kier alpha value is -3.69. The Morgan fingerprint density at radius 1 is 1.12 bits per heavy atom. The molecule has 2 aromatic carbocycles. The van der Waals surface area contributed by atoms with Crippen LogP contribution in [-0.4, -0.2) is 30.4 Å². The summed E-state index contributed by atoms with van der Waals surface area (Å²) < 4.78 is 14.9. The van der Waals surface area contributed by atoms with Crippen molar-refractivity contribution in [1.82, 2.24) is 0 Å². The van der Waals surface area contributed by atoms with E-state index in [4.69, 9.17) is 25.1 Å². The maximum atomic E-state index is 11.2. The number of nitrogens with two attached hydrogens (primary N) is 1. The number of nitrogen functional groups attached to an aromatic ring is 1. The van der Waals surface area contributed by atoms with Crippen molar-refractivity contribution in [2.24, 2.45) is 0 Å². The number of methoxy groups -OCH3 is 2. The number of hydrogen-bond acceptors (Lipinski definition) is 8. The van der Waals surface area contributed by atoms with E-state index in [2.05, 4.69) is 5.32 Å². The summed E-state index contributed by atoms with van der Waals surface area (Å²) in [7, 11) is 2.77. The van der Waals surface area contributed by atoms with E-state index in [1.165, 1.54) is 44.6 Å². The minimum atomic E-state index is -1.55. The summed E-state index contributed by atoms with van der Waals surface area (Å²) in [5.41, 5.74) is 5.73. The van der Waals surface area contributed by atoms with Gasteiger partial charge in [-0.2, -0.15) is 0 Å². The molecule has 2 aromatic rings. The summed E-state index contributed by atoms with van der Waals surface area (Å²) >= 11 is 0. The summed E-state index contributed by atoms with van der Waals surface area (Å²) in [6, 6.07) is 6.74. The standard InChI is InChI=1S/C15H15N3O7/c1-23-13-6-10(12(25-15(19)20)7-14(13)24-2)17-9-4-3-8(16)5-11(9)18(21)22/h3-7,17H,16H2,1-2H3,(H,19,20). The molecular weight excluding hydrogens is 334 g/mol. The van der Waals surface area contributed by atoms with Crippen molar-refractivity contribution < 1.29 is 29.0 Å². The van der Waals surface area contributed by atoms with E-state index in [-0.39, 0.29) is 40.0 Å². The Balaban J connectivity index is 2.54. The molecule has 10 nitrogen and oxygen atoms in total. The van der Waals surface area contributed by atoms with Gasteiger partial charge in [-0.15, -0.1) is 0 Å². The first kappa shape index (κ1) is 17.7. The number of nitro groups is 1. The van der Waals surface area contributed by atoms with Crippen LogP contribution in [0.15, 0.2) is 30.3 Å². The molecule has 4 N–H and O–H groups in total. The van der Waals surface area contributed by atoms with Crippen LogP contribution < -0.4 is 25.3 Å². The van der Waals surface area contributed by atoms with Crippen molar-refractivity contribution >= 4 is 28.9 Å². The maximum Gasteiger partial charge on any atom is 0.511 e. The smallest absolute Gasteiger partial charge is 0.493 e. The average Bonchev–Trinajstić information content (AvgIpc) is 2.56. The Labute approximate surface area is 141 Å². The van der Waals surface area contributed by atoms with Gasteiger partial charge in [-0.1, -0.05) is 0 Å². The highest BCUT2D eigenvalue weighted by Gasteiger charge is 2.19. The van der Waals surface area contributed by atoms with Crippen LogP contribution in [0.3, 0.4) is 0 Å². The molecule has 25 heavy (non-hydrogen) atoms. The highest BCUT2D eigenvalue weighted by Crippen LogP contribution is 2.40. The van der Waals surface area contributed by atoms with Crippen molar-refractivity contribution in [2.45, 2.75) is 0 Å². The fraction of sp³-hybridized carbons (Fsp3) is 0.133. The molecule has 2 rings (SSSR count). The molecule has 0 radical (unpaired) electrons. The zero-order chi connectivity index (χ0) is 18.6. The van der Waals surface area contributed by atoms with Crippen LogP contribution >= 0.6 is 0 Å². The summed E-state index contributed by atoms with van der Waals surface area (Å²) in [4.78, 5) is 21.5. The highest BCUT2D eigenvalue weighted by molar-refractivity contribution is 5.79. The third-order valence-electron chi connectivity index (χ3n) is 3.17. The number of benzene rings is 2. The molecule has 0 bridgehead atoms. The van der Waals surface area contributed by atoms with Gasteiger partial charge in [0.1, 0.15) is 5.69 Å². The van der Waals surface area contributed by atoms with Crippen molar-refractivity contribution in [3.8, 4) is 17.2 Å². The summed E-state index contributed by atoms with van der Waals surface area (Å²) in [6.45, 7) is 0. The third kappa shape index (κ3) is 3.99.